The van der Waals surface area contributed by atoms with Crippen molar-refractivity contribution in [3.05, 3.63) is 90.6 Å². The van der Waals surface area contributed by atoms with E-state index in [1.54, 1.807) is 11.3 Å². The highest BCUT2D eigenvalue weighted by atomic mass is 32.2. The number of rotatable bonds is 72. The lowest BCUT2D eigenvalue weighted by molar-refractivity contribution is -0.106. The van der Waals surface area contributed by atoms with Gasteiger partial charge in [-0.15, -0.1) is 45.3 Å². The van der Waals surface area contributed by atoms with Gasteiger partial charge in [0.2, 0.25) is 10.2 Å². The molecular weight excluding hydrogens is 1400 g/mol. The van der Waals surface area contributed by atoms with E-state index in [0.29, 0.717) is 0 Å². The topological polar surface area (TPSA) is 34.1 Å². The number of hydrogen-bond acceptors (Lipinski definition) is 8. The van der Waals surface area contributed by atoms with Crippen LogP contribution in [0.2, 0.25) is 0 Å². The zero-order valence-electron chi connectivity index (χ0n) is 68.9. The van der Waals surface area contributed by atoms with Crippen LogP contribution in [0.4, 0.5) is 0 Å². The molecule has 0 spiro atoms. The van der Waals surface area contributed by atoms with Gasteiger partial charge in [-0.3, -0.25) is 9.59 Å². The molecule has 0 saturated heterocycles. The highest BCUT2D eigenvalue weighted by molar-refractivity contribution is 8.15. The maximum absolute atomic E-state index is 14.6. The van der Waals surface area contributed by atoms with Crippen molar-refractivity contribution in [1.29, 1.82) is 0 Å². The van der Waals surface area contributed by atoms with Gasteiger partial charge >= 0.3 is 0 Å². The summed E-state index contributed by atoms with van der Waals surface area (Å²) in [7, 11) is 0. The van der Waals surface area contributed by atoms with Crippen LogP contribution in [0.1, 0.15) is 460 Å². The van der Waals surface area contributed by atoms with Crippen LogP contribution in [0.3, 0.4) is 0 Å². The minimum atomic E-state index is 0.146. The summed E-state index contributed by atoms with van der Waals surface area (Å²) >= 11 is 10.1. The quantitative estimate of drug-likeness (QED) is 0.0363. The van der Waals surface area contributed by atoms with Crippen molar-refractivity contribution in [3.8, 4) is 19.5 Å². The van der Waals surface area contributed by atoms with E-state index < -0.39 is 0 Å². The standard InChI is InChI=1S/C98H156O2S6/c1-5-9-13-17-21-25-29-33-37-41-45-49-53-57-64-81(65-58-54-50-46-42-38-34-30-26-22-18-14-10-6-2)68-61-70-83-76-92(102-80-83)94-85-78-91-86(79-90(85)105-97(94)99)95(98(100)106-91)93-77-84(96(104-93)89-74-73-88(103-89)87-72-63-75-101-87)71-62-69-82(66-59-55-51-47-43-39-35-31-27-23-19-15-11-7-3)67-60-56-52-48-44-40-36-32-28-24-20-16-12-8-4/h63,72-82H,5-62,64-71H2,1-4H3. The Morgan fingerprint density at radius 2 is 0.604 bits per heavy atom. The number of carbonyl (C=O) groups excluding carboxylic acids is 2. The molecule has 2 nitrogen and oxygen atoms in total. The monoisotopic (exact) mass is 1560 g/mol. The molecule has 0 saturated carbocycles. The summed E-state index contributed by atoms with van der Waals surface area (Å²) in [5.74, 6) is 1.62. The molecule has 2 aliphatic heterocycles. The predicted octanol–water partition coefficient (Wildman–Crippen LogP) is 34.3. The Hall–Kier alpha value is -2.20. The number of carbonyl (C=O) groups is 2. The van der Waals surface area contributed by atoms with Gasteiger partial charge in [0.25, 0.3) is 0 Å². The zero-order valence-corrected chi connectivity index (χ0v) is 73.8. The molecule has 4 aromatic heterocycles. The van der Waals surface area contributed by atoms with Crippen LogP contribution < -0.4 is 10.4 Å². The smallest absolute Gasteiger partial charge is 0.226 e. The van der Waals surface area contributed by atoms with Gasteiger partial charge in [-0.2, -0.15) is 0 Å². The lowest BCUT2D eigenvalue weighted by Crippen LogP contribution is -2.14. The summed E-state index contributed by atoms with van der Waals surface area (Å²) < 4.78 is 0. The first-order chi connectivity index (χ1) is 52.4. The average Bonchev–Trinajstić information content (AvgIpc) is 1.59. The largest absolute Gasteiger partial charge is 0.281 e. The lowest BCUT2D eigenvalue weighted by Gasteiger charge is -2.17. The van der Waals surface area contributed by atoms with Gasteiger partial charge in [0.1, 0.15) is 0 Å². The molecule has 7 rings (SSSR count). The molecule has 0 aliphatic carbocycles. The fraction of sp³-hybridized carbons (Fsp3) is 0.735. The van der Waals surface area contributed by atoms with E-state index in [1.165, 1.54) is 465 Å². The molecule has 106 heavy (non-hydrogen) atoms. The SMILES string of the molecule is CCCCCCCCCCCCCCCCC(CCCCCCCCCCCCCCCC)CCCc1csc(C2=c3cc4c(cc3SC2=O)=C(c2cc(CCCC(CCCCCCCCCCCCCCCC)CCCCCCCCCCCCCCCC)c(-c3ccc(-c5cccs5)s3)s2)C(=O)S4)c1. The maximum Gasteiger partial charge on any atom is 0.226 e. The Labute approximate surface area is 677 Å². The van der Waals surface area contributed by atoms with Gasteiger partial charge in [-0.05, 0) is 125 Å². The van der Waals surface area contributed by atoms with Crippen molar-refractivity contribution >= 4 is 90.2 Å². The van der Waals surface area contributed by atoms with Crippen LogP contribution in [-0.2, 0) is 22.4 Å². The van der Waals surface area contributed by atoms with Crippen LogP contribution in [0.15, 0.2) is 69.1 Å². The van der Waals surface area contributed by atoms with Crippen LogP contribution in [0, 0.1) is 11.8 Å². The number of thioether (sulfide) groups is 2. The Bertz CT molecular complexity index is 3070. The summed E-state index contributed by atoms with van der Waals surface area (Å²) in [5.41, 5.74) is 4.48. The van der Waals surface area contributed by atoms with E-state index in [4.69, 9.17) is 0 Å². The average molecular weight is 1560 g/mol. The van der Waals surface area contributed by atoms with Crippen LogP contribution in [0.25, 0.3) is 30.7 Å². The van der Waals surface area contributed by atoms with E-state index in [1.807, 2.05) is 34.0 Å². The number of unbranched alkanes of at least 4 members (excludes halogenated alkanes) is 52. The van der Waals surface area contributed by atoms with Crippen molar-refractivity contribution in [2.24, 2.45) is 11.8 Å². The molecule has 1 aromatic carbocycles. The molecule has 0 unspecified atom stereocenters. The van der Waals surface area contributed by atoms with Crippen LogP contribution in [-0.4, -0.2) is 10.2 Å². The van der Waals surface area contributed by atoms with Gasteiger partial charge < -0.3 is 0 Å². The number of benzene rings is 1. The molecule has 6 heterocycles. The third kappa shape index (κ3) is 37.2. The van der Waals surface area contributed by atoms with E-state index in [-0.39, 0.29) is 10.2 Å². The molecule has 8 heteroatoms. The number of fused-ring (bicyclic) bond motifs is 2. The van der Waals surface area contributed by atoms with Crippen LogP contribution >= 0.6 is 68.9 Å². The van der Waals surface area contributed by atoms with Crippen molar-refractivity contribution in [2.75, 3.05) is 0 Å². The van der Waals surface area contributed by atoms with Crippen molar-refractivity contribution in [2.45, 2.75) is 461 Å². The summed E-state index contributed by atoms with van der Waals surface area (Å²) in [6.45, 7) is 9.27. The second-order valence-electron chi connectivity index (χ2n) is 33.4. The van der Waals surface area contributed by atoms with E-state index in [2.05, 4.69) is 87.0 Å². The van der Waals surface area contributed by atoms with Gasteiger partial charge in [0.05, 0.1) is 11.1 Å². The maximum atomic E-state index is 14.6. The van der Waals surface area contributed by atoms with Crippen molar-refractivity contribution < 1.29 is 9.59 Å². The normalized spacial score (nSPS) is 13.0. The fourth-order valence-corrected chi connectivity index (χ4v) is 23.6. The van der Waals surface area contributed by atoms with Crippen molar-refractivity contribution in [3.63, 3.8) is 0 Å². The fourth-order valence-electron chi connectivity index (χ4n) is 17.3. The van der Waals surface area contributed by atoms with E-state index in [0.717, 1.165) is 65.8 Å². The molecular formula is C98H156O2S6. The van der Waals surface area contributed by atoms with E-state index >= 15 is 0 Å². The highest BCUT2D eigenvalue weighted by Crippen LogP contribution is 2.46. The van der Waals surface area contributed by atoms with E-state index in [9.17, 15) is 9.59 Å². The first-order valence-electron chi connectivity index (χ1n) is 46.1. The Kier molecular flexibility index (Phi) is 51.1. The summed E-state index contributed by atoms with van der Waals surface area (Å²) in [5, 5.41) is 6.87. The molecule has 2 aliphatic rings. The Morgan fingerprint density at radius 1 is 0.283 bits per heavy atom. The predicted molar refractivity (Wildman–Crippen MR) is 480 cm³/mol. The summed E-state index contributed by atoms with van der Waals surface area (Å²) in [6, 6.07) is 18.3. The second kappa shape index (κ2) is 59.5. The second-order valence-corrected chi connectivity index (χ2v) is 39.4. The van der Waals surface area contributed by atoms with Gasteiger partial charge in [-0.25, -0.2) is 0 Å². The highest BCUT2D eigenvalue weighted by Gasteiger charge is 2.31. The summed E-state index contributed by atoms with van der Waals surface area (Å²) in [6.07, 6.45) is 92.3. The van der Waals surface area contributed by atoms with Gasteiger partial charge in [-0.1, -0.05) is 432 Å². The molecule has 0 atom stereocenters. The van der Waals surface area contributed by atoms with Crippen molar-refractivity contribution in [1.82, 2.24) is 0 Å². The lowest BCUT2D eigenvalue weighted by atomic mass is 9.89. The zero-order chi connectivity index (χ0) is 74.4. The number of hydrogen-bond donors (Lipinski definition) is 0. The first-order valence-corrected chi connectivity index (χ1v) is 51.1. The molecule has 0 amide bonds. The molecule has 0 bridgehead atoms. The summed E-state index contributed by atoms with van der Waals surface area (Å²) in [4.78, 5) is 38.4. The minimum absolute atomic E-state index is 0.146. The van der Waals surface area contributed by atoms with Gasteiger partial charge in [0, 0.05) is 49.5 Å². The number of thiophene rings is 4. The third-order valence-corrected chi connectivity index (χ3v) is 30.4. The Morgan fingerprint density at radius 3 is 0.953 bits per heavy atom. The molecule has 596 valence electrons. The Balaban J connectivity index is 0.956. The molecule has 0 N–H and O–H groups in total. The molecule has 0 fully saturated rings. The van der Waals surface area contributed by atoms with Gasteiger partial charge in [0.15, 0.2) is 0 Å². The van der Waals surface area contributed by atoms with Crippen LogP contribution in [0.5, 0.6) is 0 Å². The molecule has 0 radical (unpaired) electrons. The number of aryl methyl sites for hydroxylation is 2. The molecule has 5 aromatic rings. The first kappa shape index (κ1) is 91.0. The minimum Gasteiger partial charge on any atom is -0.281 e. The third-order valence-electron chi connectivity index (χ3n) is 24.0.